The summed E-state index contributed by atoms with van der Waals surface area (Å²) in [5.74, 6) is 1.90. The number of likely N-dealkylation sites (N-methyl/N-ethyl adjacent to an activating group) is 1. The number of halogens is 4. The number of aryl methyl sites for hydroxylation is 2. The third kappa shape index (κ3) is 7.67. The van der Waals surface area contributed by atoms with Gasteiger partial charge in [0.05, 0.1) is 23.8 Å². The summed E-state index contributed by atoms with van der Waals surface area (Å²) in [6, 6.07) is 5.24. The molecule has 0 aliphatic heterocycles. The first-order valence-corrected chi connectivity index (χ1v) is 9.98. The van der Waals surface area contributed by atoms with Crippen LogP contribution in [0.5, 0.6) is 0 Å². The molecule has 2 N–H and O–H groups in total. The Labute approximate surface area is 198 Å². The fourth-order valence-electron chi connectivity index (χ4n) is 3.20. The van der Waals surface area contributed by atoms with Crippen molar-refractivity contribution in [1.82, 2.24) is 20.5 Å². The minimum absolute atomic E-state index is 0. The highest BCUT2D eigenvalue weighted by Gasteiger charge is 2.30. The zero-order valence-electron chi connectivity index (χ0n) is 18.5. The standard InChI is InChI=1S/C21H30F3N5O.HI/c1-6-29(7-2)18(16-8-10-17(11-9-16)21(22,23)24)12-26-20(25-5)27-13-19-28-14(3)15(4)30-19;/h8-11,18H,6-7,12-13H2,1-5H3,(H2,25,26,27);1H. The summed E-state index contributed by atoms with van der Waals surface area (Å²) in [6.45, 7) is 10.2. The van der Waals surface area contributed by atoms with Crippen LogP contribution in [0.1, 0.15) is 48.4 Å². The summed E-state index contributed by atoms with van der Waals surface area (Å²) >= 11 is 0. The van der Waals surface area contributed by atoms with Crippen molar-refractivity contribution < 1.29 is 17.6 Å². The molecule has 0 aliphatic rings. The molecular formula is C21H31F3IN5O. The molecule has 1 heterocycles. The quantitative estimate of drug-likeness (QED) is 0.283. The number of hydrogen-bond acceptors (Lipinski definition) is 4. The Kier molecular flexibility index (Phi) is 10.8. The number of benzene rings is 1. The molecule has 0 saturated carbocycles. The molecule has 174 valence electrons. The highest BCUT2D eigenvalue weighted by Crippen LogP contribution is 2.30. The lowest BCUT2D eigenvalue weighted by molar-refractivity contribution is -0.137. The lowest BCUT2D eigenvalue weighted by atomic mass is 10.0. The van der Waals surface area contributed by atoms with Gasteiger partial charge in [-0.2, -0.15) is 13.2 Å². The van der Waals surface area contributed by atoms with E-state index >= 15 is 0 Å². The molecule has 1 aromatic heterocycles. The van der Waals surface area contributed by atoms with E-state index in [4.69, 9.17) is 4.42 Å². The Morgan fingerprint density at radius 3 is 2.19 bits per heavy atom. The van der Waals surface area contributed by atoms with Crippen LogP contribution >= 0.6 is 24.0 Å². The van der Waals surface area contributed by atoms with E-state index in [-0.39, 0.29) is 30.0 Å². The molecule has 0 amide bonds. The molecule has 0 radical (unpaired) electrons. The molecule has 1 unspecified atom stereocenters. The number of rotatable bonds is 8. The Hall–Kier alpha value is -1.82. The molecule has 0 saturated heterocycles. The van der Waals surface area contributed by atoms with Crippen molar-refractivity contribution in [3.05, 3.63) is 52.7 Å². The Morgan fingerprint density at radius 1 is 1.13 bits per heavy atom. The largest absolute Gasteiger partial charge is 0.444 e. The van der Waals surface area contributed by atoms with E-state index in [0.29, 0.717) is 24.9 Å². The second-order valence-electron chi connectivity index (χ2n) is 6.91. The molecule has 0 spiro atoms. The van der Waals surface area contributed by atoms with Gasteiger partial charge >= 0.3 is 6.18 Å². The second-order valence-corrected chi connectivity index (χ2v) is 6.91. The molecule has 1 aromatic carbocycles. The number of nitrogens with zero attached hydrogens (tertiary/aromatic N) is 3. The zero-order chi connectivity index (χ0) is 22.3. The number of alkyl halides is 3. The Balaban J connectivity index is 0.00000480. The van der Waals surface area contributed by atoms with Gasteiger partial charge in [0.2, 0.25) is 5.89 Å². The van der Waals surface area contributed by atoms with Gasteiger partial charge in [0.25, 0.3) is 0 Å². The van der Waals surface area contributed by atoms with Crippen LogP contribution in [-0.4, -0.2) is 42.5 Å². The van der Waals surface area contributed by atoms with Gasteiger partial charge in [-0.3, -0.25) is 9.89 Å². The van der Waals surface area contributed by atoms with Crippen LogP contribution < -0.4 is 10.6 Å². The molecule has 2 aromatic rings. The van der Waals surface area contributed by atoms with Crippen LogP contribution in [0.3, 0.4) is 0 Å². The van der Waals surface area contributed by atoms with Gasteiger partial charge in [0, 0.05) is 13.6 Å². The van der Waals surface area contributed by atoms with Gasteiger partial charge in [-0.05, 0) is 44.6 Å². The van der Waals surface area contributed by atoms with Gasteiger partial charge in [-0.1, -0.05) is 26.0 Å². The predicted octanol–water partition coefficient (Wildman–Crippen LogP) is 4.68. The third-order valence-electron chi connectivity index (χ3n) is 5.04. The summed E-state index contributed by atoms with van der Waals surface area (Å²) in [5, 5.41) is 6.41. The summed E-state index contributed by atoms with van der Waals surface area (Å²) < 4.78 is 44.3. The zero-order valence-corrected chi connectivity index (χ0v) is 20.8. The van der Waals surface area contributed by atoms with Gasteiger partial charge in [0.1, 0.15) is 5.76 Å². The van der Waals surface area contributed by atoms with Crippen molar-refractivity contribution in [2.75, 3.05) is 26.7 Å². The normalized spacial score (nSPS) is 13.1. The average molecular weight is 553 g/mol. The highest BCUT2D eigenvalue weighted by molar-refractivity contribution is 14.0. The van der Waals surface area contributed by atoms with Gasteiger partial charge < -0.3 is 15.1 Å². The first-order chi connectivity index (χ1) is 14.2. The van der Waals surface area contributed by atoms with Crippen LogP contribution in [0.25, 0.3) is 0 Å². The maximum Gasteiger partial charge on any atom is 0.416 e. The van der Waals surface area contributed by atoms with Crippen LogP contribution in [-0.2, 0) is 12.7 Å². The van der Waals surface area contributed by atoms with Gasteiger partial charge in [-0.25, -0.2) is 4.98 Å². The number of oxazole rings is 1. The fourth-order valence-corrected chi connectivity index (χ4v) is 3.20. The van der Waals surface area contributed by atoms with Crippen LogP contribution in [0.15, 0.2) is 33.7 Å². The lowest BCUT2D eigenvalue weighted by Gasteiger charge is -2.31. The lowest BCUT2D eigenvalue weighted by Crippen LogP contribution is -2.43. The van der Waals surface area contributed by atoms with Crippen molar-refractivity contribution in [2.24, 2.45) is 4.99 Å². The van der Waals surface area contributed by atoms with E-state index in [0.717, 1.165) is 42.2 Å². The number of hydrogen-bond donors (Lipinski definition) is 2. The van der Waals surface area contributed by atoms with E-state index in [2.05, 4.69) is 25.5 Å². The van der Waals surface area contributed by atoms with Crippen LogP contribution in [0, 0.1) is 13.8 Å². The second kappa shape index (κ2) is 12.3. The molecule has 0 aliphatic carbocycles. The minimum Gasteiger partial charge on any atom is -0.444 e. The fraction of sp³-hybridized carbons (Fsp3) is 0.524. The molecule has 2 rings (SSSR count). The predicted molar refractivity (Wildman–Crippen MR) is 127 cm³/mol. The molecule has 0 bridgehead atoms. The SMILES string of the molecule is CCN(CC)C(CNC(=NC)NCc1nc(C)c(C)o1)c1ccc(C(F)(F)F)cc1.I. The number of aromatic nitrogens is 1. The van der Waals surface area contributed by atoms with Crippen molar-refractivity contribution >= 4 is 29.9 Å². The maximum absolute atomic E-state index is 12.9. The highest BCUT2D eigenvalue weighted by atomic mass is 127. The Morgan fingerprint density at radius 2 is 1.74 bits per heavy atom. The summed E-state index contributed by atoms with van der Waals surface area (Å²) in [6.07, 6.45) is -4.34. The first kappa shape index (κ1) is 27.2. The smallest absolute Gasteiger partial charge is 0.416 e. The topological polar surface area (TPSA) is 65.7 Å². The molecule has 1 atom stereocenters. The molecule has 10 heteroatoms. The number of guanidine groups is 1. The third-order valence-corrected chi connectivity index (χ3v) is 5.04. The van der Waals surface area contributed by atoms with E-state index in [1.165, 1.54) is 0 Å². The van der Waals surface area contributed by atoms with Crippen molar-refractivity contribution in [3.8, 4) is 0 Å². The maximum atomic E-state index is 12.9. The average Bonchev–Trinajstić information content (AvgIpc) is 3.04. The molecular weight excluding hydrogens is 522 g/mol. The number of aliphatic imine (C=N–C) groups is 1. The summed E-state index contributed by atoms with van der Waals surface area (Å²) in [7, 11) is 1.66. The first-order valence-electron chi connectivity index (χ1n) is 9.98. The summed E-state index contributed by atoms with van der Waals surface area (Å²) in [5.41, 5.74) is 1.01. The van der Waals surface area contributed by atoms with Crippen LogP contribution in [0.4, 0.5) is 13.2 Å². The van der Waals surface area contributed by atoms with Crippen molar-refractivity contribution in [1.29, 1.82) is 0 Å². The number of nitrogens with one attached hydrogen (secondary N) is 2. The van der Waals surface area contributed by atoms with Gasteiger partial charge in [-0.15, -0.1) is 24.0 Å². The molecule has 6 nitrogen and oxygen atoms in total. The van der Waals surface area contributed by atoms with Crippen molar-refractivity contribution in [2.45, 2.75) is 46.5 Å². The van der Waals surface area contributed by atoms with E-state index in [1.807, 2.05) is 27.7 Å². The van der Waals surface area contributed by atoms with E-state index in [1.54, 1.807) is 19.2 Å². The molecule has 0 fully saturated rings. The minimum atomic E-state index is -4.34. The summed E-state index contributed by atoms with van der Waals surface area (Å²) in [4.78, 5) is 10.7. The van der Waals surface area contributed by atoms with E-state index < -0.39 is 11.7 Å². The van der Waals surface area contributed by atoms with Crippen molar-refractivity contribution in [3.63, 3.8) is 0 Å². The monoisotopic (exact) mass is 553 g/mol. The van der Waals surface area contributed by atoms with Gasteiger partial charge in [0.15, 0.2) is 5.96 Å². The Bertz CT molecular complexity index is 813. The molecule has 31 heavy (non-hydrogen) atoms. The van der Waals surface area contributed by atoms with E-state index in [9.17, 15) is 13.2 Å². The van der Waals surface area contributed by atoms with Crippen LogP contribution in [0.2, 0.25) is 0 Å².